The summed E-state index contributed by atoms with van der Waals surface area (Å²) in [7, 11) is 2.17. The third kappa shape index (κ3) is 9.62. The van der Waals surface area contributed by atoms with Gasteiger partial charge in [-0.25, -0.2) is 0 Å². The first-order chi connectivity index (χ1) is 6.16. The maximum atomic E-state index is 3.63. The predicted molar refractivity (Wildman–Crippen MR) is 61.0 cm³/mol. The molecular weight excluding hydrogens is 158 g/mol. The monoisotopic (exact) mass is 183 g/mol. The summed E-state index contributed by atoms with van der Waals surface area (Å²) < 4.78 is 0. The molecule has 0 spiro atoms. The molecule has 0 amide bonds. The van der Waals surface area contributed by atoms with Crippen molar-refractivity contribution in [2.24, 2.45) is 5.92 Å². The van der Waals surface area contributed by atoms with Crippen LogP contribution in [0.25, 0.3) is 0 Å². The van der Waals surface area contributed by atoms with Gasteiger partial charge >= 0.3 is 0 Å². The van der Waals surface area contributed by atoms with E-state index in [0.29, 0.717) is 0 Å². The number of likely N-dealkylation sites (tertiary alicyclic amines) is 1. The van der Waals surface area contributed by atoms with Crippen LogP contribution in [-0.2, 0) is 0 Å². The molecule has 0 aromatic rings. The minimum atomic E-state index is 0.831. The molecule has 1 saturated heterocycles. The Morgan fingerprint density at radius 3 is 2.00 bits per heavy atom. The quantitative estimate of drug-likeness (QED) is 0.607. The first-order valence-electron chi connectivity index (χ1n) is 5.46. The van der Waals surface area contributed by atoms with Crippen molar-refractivity contribution >= 4 is 0 Å². The second-order valence-electron chi connectivity index (χ2n) is 4.27. The van der Waals surface area contributed by atoms with Crippen molar-refractivity contribution in [2.45, 2.75) is 39.5 Å². The standard InChI is InChI=1S/C7H14.C5H11N/c1-4-5-6-7(2)3;1-6-4-2-3-5-6/h4,7H,1,5-6H2,2-3H3;2-5H2,1H3. The van der Waals surface area contributed by atoms with Gasteiger partial charge in [0.2, 0.25) is 0 Å². The van der Waals surface area contributed by atoms with Crippen LogP contribution in [0, 0.1) is 5.92 Å². The summed E-state index contributed by atoms with van der Waals surface area (Å²) >= 11 is 0. The minimum absolute atomic E-state index is 0.831. The lowest BCUT2D eigenvalue weighted by atomic mass is 10.1. The summed E-state index contributed by atoms with van der Waals surface area (Å²) in [5.41, 5.74) is 0. The van der Waals surface area contributed by atoms with Gasteiger partial charge in [0.25, 0.3) is 0 Å². The average molecular weight is 183 g/mol. The van der Waals surface area contributed by atoms with E-state index in [1.54, 1.807) is 0 Å². The number of nitrogens with zero attached hydrogens (tertiary/aromatic N) is 1. The van der Waals surface area contributed by atoms with E-state index < -0.39 is 0 Å². The van der Waals surface area contributed by atoms with Crippen LogP contribution < -0.4 is 0 Å². The van der Waals surface area contributed by atoms with Crippen LogP contribution in [0.2, 0.25) is 0 Å². The van der Waals surface area contributed by atoms with Crippen LogP contribution in [0.5, 0.6) is 0 Å². The SMILES string of the molecule is C=CCCC(C)C.CN1CCCC1. The van der Waals surface area contributed by atoms with Crippen LogP contribution in [-0.4, -0.2) is 25.0 Å². The molecule has 0 N–H and O–H groups in total. The summed E-state index contributed by atoms with van der Waals surface area (Å²) in [5.74, 6) is 0.831. The number of rotatable bonds is 3. The Balaban J connectivity index is 0.000000223. The second kappa shape index (κ2) is 8.31. The molecule has 1 nitrogen and oxygen atoms in total. The molecule has 0 aromatic heterocycles. The molecule has 1 fully saturated rings. The highest BCUT2D eigenvalue weighted by Crippen LogP contribution is 2.02. The van der Waals surface area contributed by atoms with Crippen LogP contribution >= 0.6 is 0 Å². The van der Waals surface area contributed by atoms with Gasteiger partial charge in [-0.15, -0.1) is 6.58 Å². The van der Waals surface area contributed by atoms with Crippen molar-refractivity contribution in [3.05, 3.63) is 12.7 Å². The van der Waals surface area contributed by atoms with Crippen LogP contribution in [0.1, 0.15) is 39.5 Å². The highest BCUT2D eigenvalue weighted by atomic mass is 15.1. The summed E-state index contributed by atoms with van der Waals surface area (Å²) in [6.45, 7) is 10.7. The third-order valence-electron chi connectivity index (χ3n) is 2.28. The lowest BCUT2D eigenvalue weighted by Gasteiger charge is -2.01. The van der Waals surface area contributed by atoms with E-state index in [1.165, 1.54) is 32.4 Å². The Kier molecular flexibility index (Phi) is 8.11. The molecule has 0 bridgehead atoms. The number of hydrogen-bond donors (Lipinski definition) is 0. The summed E-state index contributed by atoms with van der Waals surface area (Å²) in [4.78, 5) is 2.36. The van der Waals surface area contributed by atoms with Crippen LogP contribution in [0.4, 0.5) is 0 Å². The largest absolute Gasteiger partial charge is 0.306 e. The van der Waals surface area contributed by atoms with E-state index in [0.717, 1.165) is 12.3 Å². The van der Waals surface area contributed by atoms with E-state index in [4.69, 9.17) is 0 Å². The first-order valence-corrected chi connectivity index (χ1v) is 5.46. The normalized spacial score (nSPS) is 16.9. The lowest BCUT2D eigenvalue weighted by Crippen LogP contribution is -2.10. The zero-order valence-corrected chi connectivity index (χ0v) is 9.55. The van der Waals surface area contributed by atoms with Crippen molar-refractivity contribution in [1.82, 2.24) is 4.90 Å². The van der Waals surface area contributed by atoms with Gasteiger partial charge in [-0.2, -0.15) is 0 Å². The molecule has 1 aliphatic rings. The zero-order valence-electron chi connectivity index (χ0n) is 9.55. The van der Waals surface area contributed by atoms with Crippen LogP contribution in [0.15, 0.2) is 12.7 Å². The fraction of sp³-hybridized carbons (Fsp3) is 0.833. The van der Waals surface area contributed by atoms with Crippen molar-refractivity contribution in [3.63, 3.8) is 0 Å². The molecule has 13 heavy (non-hydrogen) atoms. The van der Waals surface area contributed by atoms with E-state index in [2.05, 4.69) is 32.4 Å². The molecule has 0 atom stereocenters. The minimum Gasteiger partial charge on any atom is -0.306 e. The molecule has 0 aliphatic carbocycles. The fourth-order valence-electron chi connectivity index (χ4n) is 1.33. The molecule has 1 rings (SSSR count). The van der Waals surface area contributed by atoms with Gasteiger partial charge in [0, 0.05) is 0 Å². The Morgan fingerprint density at radius 2 is 1.85 bits per heavy atom. The highest BCUT2D eigenvalue weighted by molar-refractivity contribution is 4.66. The summed E-state index contributed by atoms with van der Waals surface area (Å²) in [6.07, 6.45) is 7.24. The van der Waals surface area contributed by atoms with E-state index in [1.807, 2.05) is 6.08 Å². The topological polar surface area (TPSA) is 3.24 Å². The molecule has 78 valence electrons. The Labute approximate surface area is 83.8 Å². The van der Waals surface area contributed by atoms with Gasteiger partial charge in [-0.1, -0.05) is 19.9 Å². The number of allylic oxidation sites excluding steroid dienone is 1. The van der Waals surface area contributed by atoms with E-state index in [-0.39, 0.29) is 0 Å². The van der Waals surface area contributed by atoms with Gasteiger partial charge in [0.1, 0.15) is 0 Å². The lowest BCUT2D eigenvalue weighted by molar-refractivity contribution is 0.418. The smallest absolute Gasteiger partial charge is 0.00213 e. The molecule has 1 heteroatoms. The maximum Gasteiger partial charge on any atom is -0.00213 e. The Hall–Kier alpha value is -0.300. The molecule has 0 radical (unpaired) electrons. The fourth-order valence-corrected chi connectivity index (χ4v) is 1.33. The molecule has 0 saturated carbocycles. The second-order valence-corrected chi connectivity index (χ2v) is 4.27. The van der Waals surface area contributed by atoms with Crippen molar-refractivity contribution in [1.29, 1.82) is 0 Å². The van der Waals surface area contributed by atoms with Gasteiger partial charge < -0.3 is 4.90 Å². The summed E-state index contributed by atoms with van der Waals surface area (Å²) in [6, 6.07) is 0. The zero-order chi connectivity index (χ0) is 10.1. The highest BCUT2D eigenvalue weighted by Gasteiger charge is 2.03. The molecule has 1 heterocycles. The van der Waals surface area contributed by atoms with Crippen LogP contribution in [0.3, 0.4) is 0 Å². The van der Waals surface area contributed by atoms with Gasteiger partial charge in [0.05, 0.1) is 0 Å². The predicted octanol–water partition coefficient (Wildman–Crippen LogP) is 3.32. The average Bonchev–Trinajstić information content (AvgIpc) is 2.53. The summed E-state index contributed by atoms with van der Waals surface area (Å²) in [5, 5.41) is 0. The number of hydrogen-bond acceptors (Lipinski definition) is 1. The Bertz CT molecular complexity index is 112. The first kappa shape index (κ1) is 12.7. The van der Waals surface area contributed by atoms with Crippen molar-refractivity contribution < 1.29 is 0 Å². The molecule has 0 unspecified atom stereocenters. The van der Waals surface area contributed by atoms with Crippen molar-refractivity contribution in [3.8, 4) is 0 Å². The third-order valence-corrected chi connectivity index (χ3v) is 2.28. The molecule has 1 aliphatic heterocycles. The molecule has 0 aromatic carbocycles. The van der Waals surface area contributed by atoms with Gasteiger partial charge in [-0.05, 0) is 51.7 Å². The van der Waals surface area contributed by atoms with Crippen molar-refractivity contribution in [2.75, 3.05) is 20.1 Å². The van der Waals surface area contributed by atoms with E-state index in [9.17, 15) is 0 Å². The Morgan fingerprint density at radius 1 is 1.31 bits per heavy atom. The van der Waals surface area contributed by atoms with E-state index >= 15 is 0 Å². The van der Waals surface area contributed by atoms with Gasteiger partial charge in [-0.3, -0.25) is 0 Å². The van der Waals surface area contributed by atoms with Gasteiger partial charge in [0.15, 0.2) is 0 Å². The maximum absolute atomic E-state index is 3.63. The molecular formula is C12H25N.